The topological polar surface area (TPSA) is 0 Å². The number of unbranched alkanes of at least 4 members (excludes halogenated alkanes) is 4. The summed E-state index contributed by atoms with van der Waals surface area (Å²) >= 11 is 0. The third-order valence-electron chi connectivity index (χ3n) is 9.43. The van der Waals surface area contributed by atoms with E-state index in [9.17, 15) is 0 Å². The molecule has 0 aromatic heterocycles. The molecular formula is C31H54. The van der Waals surface area contributed by atoms with E-state index in [1.807, 2.05) is 0 Å². The summed E-state index contributed by atoms with van der Waals surface area (Å²) in [6.45, 7) is 6.18. The van der Waals surface area contributed by atoms with Crippen molar-refractivity contribution in [3.8, 4) is 0 Å². The summed E-state index contributed by atoms with van der Waals surface area (Å²) in [6.07, 6.45) is 35.6. The highest BCUT2D eigenvalue weighted by atomic mass is 14.3. The Morgan fingerprint density at radius 1 is 0.742 bits per heavy atom. The Balaban J connectivity index is 1.24. The maximum Gasteiger partial charge on any atom is -0.0317 e. The molecule has 0 heterocycles. The third kappa shape index (κ3) is 9.09. The average Bonchev–Trinajstić information content (AvgIpc) is 2.82. The van der Waals surface area contributed by atoms with Crippen molar-refractivity contribution >= 4 is 0 Å². The van der Waals surface area contributed by atoms with Crippen LogP contribution in [0.25, 0.3) is 0 Å². The van der Waals surface area contributed by atoms with Crippen LogP contribution in [-0.4, -0.2) is 0 Å². The number of hydrogen-bond donors (Lipinski definition) is 0. The summed E-state index contributed by atoms with van der Waals surface area (Å²) in [4.78, 5) is 0. The van der Waals surface area contributed by atoms with Crippen LogP contribution in [0, 0.1) is 29.6 Å². The molecule has 2 fully saturated rings. The summed E-state index contributed by atoms with van der Waals surface area (Å²) < 4.78 is 0. The van der Waals surface area contributed by atoms with Crippen molar-refractivity contribution in [1.82, 2.24) is 0 Å². The van der Waals surface area contributed by atoms with Crippen molar-refractivity contribution < 1.29 is 0 Å². The van der Waals surface area contributed by atoms with Crippen LogP contribution in [0.1, 0.15) is 142 Å². The van der Waals surface area contributed by atoms with E-state index >= 15 is 0 Å². The molecule has 3 rings (SSSR count). The maximum absolute atomic E-state index is 3.85. The molecule has 3 aliphatic carbocycles. The molecule has 0 aromatic carbocycles. The van der Waals surface area contributed by atoms with Crippen LogP contribution in [-0.2, 0) is 0 Å². The van der Waals surface area contributed by atoms with Gasteiger partial charge in [0, 0.05) is 0 Å². The van der Waals surface area contributed by atoms with Gasteiger partial charge in [0.15, 0.2) is 0 Å². The zero-order chi connectivity index (χ0) is 21.7. The van der Waals surface area contributed by atoms with Crippen molar-refractivity contribution in [3.63, 3.8) is 0 Å². The summed E-state index contributed by atoms with van der Waals surface area (Å²) in [7, 11) is 0. The van der Waals surface area contributed by atoms with Gasteiger partial charge in [0.25, 0.3) is 0 Å². The summed E-state index contributed by atoms with van der Waals surface area (Å²) in [5, 5.41) is 0. The standard InChI is InChI=1S/C31H54/c1-3-5-7-9-11-27-18-22-30(23-19-27)31-24-20-29(21-25-31)17-16-28-14-12-26(13-15-28)10-8-6-4-2/h3,18,26,28-31H,1,4-17,19-25H2,2H3. The normalized spacial score (nSPS) is 31.9. The van der Waals surface area contributed by atoms with Crippen molar-refractivity contribution in [3.05, 3.63) is 24.3 Å². The Kier molecular flexibility index (Phi) is 11.8. The zero-order valence-corrected chi connectivity index (χ0v) is 21.1. The van der Waals surface area contributed by atoms with Gasteiger partial charge >= 0.3 is 0 Å². The highest BCUT2D eigenvalue weighted by Gasteiger charge is 2.29. The molecule has 0 radical (unpaired) electrons. The predicted octanol–water partition coefficient (Wildman–Crippen LogP) is 10.4. The van der Waals surface area contributed by atoms with Gasteiger partial charge in [-0.05, 0) is 87.4 Å². The molecule has 0 spiro atoms. The molecule has 0 bridgehead atoms. The first-order valence-corrected chi connectivity index (χ1v) is 14.6. The highest BCUT2D eigenvalue weighted by molar-refractivity contribution is 5.07. The Bertz CT molecular complexity index is 498. The number of hydrogen-bond acceptors (Lipinski definition) is 0. The fraction of sp³-hybridized carbons (Fsp3) is 0.871. The smallest absolute Gasteiger partial charge is 0.0317 e. The lowest BCUT2D eigenvalue weighted by Gasteiger charge is -2.36. The van der Waals surface area contributed by atoms with Gasteiger partial charge in [-0.15, -0.1) is 6.58 Å². The Morgan fingerprint density at radius 2 is 1.39 bits per heavy atom. The number of rotatable bonds is 13. The van der Waals surface area contributed by atoms with Gasteiger partial charge in [-0.1, -0.05) is 102 Å². The molecule has 178 valence electrons. The Morgan fingerprint density at radius 3 is 1.97 bits per heavy atom. The lowest BCUT2D eigenvalue weighted by molar-refractivity contribution is 0.173. The van der Waals surface area contributed by atoms with Crippen molar-refractivity contribution in [1.29, 1.82) is 0 Å². The van der Waals surface area contributed by atoms with Gasteiger partial charge in [-0.25, -0.2) is 0 Å². The second kappa shape index (κ2) is 14.6. The minimum Gasteiger partial charge on any atom is -0.103 e. The predicted molar refractivity (Wildman–Crippen MR) is 138 cm³/mol. The molecule has 3 aliphatic rings. The molecule has 0 aromatic rings. The van der Waals surface area contributed by atoms with E-state index in [1.54, 1.807) is 69.8 Å². The third-order valence-corrected chi connectivity index (χ3v) is 9.43. The van der Waals surface area contributed by atoms with Crippen LogP contribution in [0.4, 0.5) is 0 Å². The van der Waals surface area contributed by atoms with Crippen LogP contribution >= 0.6 is 0 Å². The van der Waals surface area contributed by atoms with Gasteiger partial charge in [0.1, 0.15) is 0 Å². The van der Waals surface area contributed by atoms with Gasteiger partial charge < -0.3 is 0 Å². The fourth-order valence-corrected chi connectivity index (χ4v) is 7.12. The van der Waals surface area contributed by atoms with Crippen LogP contribution in [0.2, 0.25) is 0 Å². The monoisotopic (exact) mass is 426 g/mol. The largest absolute Gasteiger partial charge is 0.103 e. The Hall–Kier alpha value is -0.520. The summed E-state index contributed by atoms with van der Waals surface area (Å²) in [5.41, 5.74) is 1.77. The van der Waals surface area contributed by atoms with Crippen LogP contribution < -0.4 is 0 Å². The van der Waals surface area contributed by atoms with Crippen LogP contribution in [0.15, 0.2) is 24.3 Å². The van der Waals surface area contributed by atoms with E-state index in [-0.39, 0.29) is 0 Å². The van der Waals surface area contributed by atoms with E-state index in [2.05, 4.69) is 25.7 Å². The molecule has 0 aliphatic heterocycles. The second-order valence-corrected chi connectivity index (χ2v) is 11.7. The van der Waals surface area contributed by atoms with Crippen molar-refractivity contribution in [2.75, 3.05) is 0 Å². The van der Waals surface area contributed by atoms with Crippen LogP contribution in [0.5, 0.6) is 0 Å². The zero-order valence-electron chi connectivity index (χ0n) is 21.1. The minimum atomic E-state index is 1.01. The first-order valence-electron chi connectivity index (χ1n) is 14.6. The SMILES string of the molecule is C=CCCCCC1=CCC(C2CCC(CCC3CCC(CCCCC)CC3)CC2)CC1. The van der Waals surface area contributed by atoms with Gasteiger partial charge in [0.2, 0.25) is 0 Å². The van der Waals surface area contributed by atoms with Crippen molar-refractivity contribution in [2.45, 2.75) is 142 Å². The molecule has 0 nitrogen and oxygen atoms in total. The first-order chi connectivity index (χ1) is 15.3. The molecule has 0 saturated heterocycles. The quantitative estimate of drug-likeness (QED) is 0.203. The lowest BCUT2D eigenvalue weighted by Crippen LogP contribution is -2.24. The molecule has 1 atom stereocenters. The van der Waals surface area contributed by atoms with E-state index in [0.29, 0.717) is 0 Å². The lowest BCUT2D eigenvalue weighted by atomic mass is 9.69. The van der Waals surface area contributed by atoms with Gasteiger partial charge in [-0.3, -0.25) is 0 Å². The minimum absolute atomic E-state index is 1.01. The summed E-state index contributed by atoms with van der Waals surface area (Å²) in [6, 6.07) is 0. The molecule has 2 saturated carbocycles. The molecular weight excluding hydrogens is 372 g/mol. The number of allylic oxidation sites excluding steroid dienone is 3. The molecule has 0 amide bonds. The van der Waals surface area contributed by atoms with Crippen LogP contribution in [0.3, 0.4) is 0 Å². The highest BCUT2D eigenvalue weighted by Crippen LogP contribution is 2.42. The summed E-state index contributed by atoms with van der Waals surface area (Å²) in [5.74, 6) is 5.29. The van der Waals surface area contributed by atoms with Gasteiger partial charge in [-0.2, -0.15) is 0 Å². The van der Waals surface area contributed by atoms with E-state index in [1.165, 1.54) is 70.6 Å². The second-order valence-electron chi connectivity index (χ2n) is 11.7. The Labute approximate surface area is 195 Å². The molecule has 0 N–H and O–H groups in total. The molecule has 0 heteroatoms. The average molecular weight is 427 g/mol. The molecule has 1 unspecified atom stereocenters. The van der Waals surface area contributed by atoms with E-state index in [4.69, 9.17) is 0 Å². The van der Waals surface area contributed by atoms with Gasteiger partial charge in [0.05, 0.1) is 0 Å². The maximum atomic E-state index is 3.85. The van der Waals surface area contributed by atoms with Crippen molar-refractivity contribution in [2.24, 2.45) is 29.6 Å². The fourth-order valence-electron chi connectivity index (χ4n) is 7.12. The molecule has 31 heavy (non-hydrogen) atoms. The van der Waals surface area contributed by atoms with E-state index < -0.39 is 0 Å². The first kappa shape index (κ1) is 25.1. The van der Waals surface area contributed by atoms with E-state index in [0.717, 1.165) is 29.6 Å².